The number of esters is 3. The van der Waals surface area contributed by atoms with Crippen LogP contribution in [0.5, 0.6) is 0 Å². The highest BCUT2D eigenvalue weighted by molar-refractivity contribution is 5.71. The molecule has 0 aliphatic heterocycles. The maximum Gasteiger partial charge on any atom is 0.306 e. The molecule has 0 aliphatic carbocycles. The summed E-state index contributed by atoms with van der Waals surface area (Å²) in [6.07, 6.45) is 38.0. The third-order valence-electron chi connectivity index (χ3n) is 10.8. The second kappa shape index (κ2) is 40.1. The van der Waals surface area contributed by atoms with Crippen LogP contribution in [0.3, 0.4) is 0 Å². The Kier molecular flexibility index (Phi) is 38.9. The molecule has 0 N–H and O–H groups in total. The third kappa shape index (κ3) is 39.9. The van der Waals surface area contributed by atoms with Gasteiger partial charge >= 0.3 is 17.9 Å². The van der Waals surface area contributed by atoms with Gasteiger partial charge in [-0.2, -0.15) is 0 Å². The molecule has 6 heteroatoms. The molecule has 0 radical (unpaired) electrons. The van der Waals surface area contributed by atoms with Crippen molar-refractivity contribution in [2.45, 2.75) is 259 Å². The molecule has 0 aromatic rings. The zero-order valence-corrected chi connectivity index (χ0v) is 36.1. The van der Waals surface area contributed by atoms with E-state index in [1.54, 1.807) is 0 Å². The third-order valence-corrected chi connectivity index (χ3v) is 10.8. The molecule has 0 bridgehead atoms. The predicted molar refractivity (Wildman–Crippen MR) is 224 cm³/mol. The van der Waals surface area contributed by atoms with E-state index in [4.69, 9.17) is 14.2 Å². The fourth-order valence-electron chi connectivity index (χ4n) is 6.90. The van der Waals surface area contributed by atoms with Crippen molar-refractivity contribution in [1.82, 2.24) is 0 Å². The van der Waals surface area contributed by atoms with Crippen LogP contribution in [0.25, 0.3) is 0 Å². The number of hydrogen-bond acceptors (Lipinski definition) is 6. The van der Waals surface area contributed by atoms with E-state index in [0.717, 1.165) is 69.6 Å². The van der Waals surface area contributed by atoms with Crippen molar-refractivity contribution in [3.8, 4) is 0 Å². The molecule has 0 aliphatic rings. The molecular weight excluding hydrogens is 661 g/mol. The van der Waals surface area contributed by atoms with Gasteiger partial charge in [-0.3, -0.25) is 14.4 Å². The summed E-state index contributed by atoms with van der Waals surface area (Å²) in [4.78, 5) is 37.7. The number of unbranched alkanes of at least 4 members (excludes halogenated alkanes) is 25. The minimum atomic E-state index is -0.761. The summed E-state index contributed by atoms with van der Waals surface area (Å²) < 4.78 is 16.7. The number of carbonyl (C=O) groups is 3. The molecule has 53 heavy (non-hydrogen) atoms. The van der Waals surface area contributed by atoms with Crippen LogP contribution in [0.2, 0.25) is 0 Å². The zero-order valence-electron chi connectivity index (χ0n) is 36.1. The Morgan fingerprint density at radius 2 is 0.717 bits per heavy atom. The highest BCUT2D eigenvalue weighted by atomic mass is 16.6. The Balaban J connectivity index is 4.33. The van der Waals surface area contributed by atoms with Crippen molar-refractivity contribution in [2.75, 3.05) is 13.2 Å². The smallest absolute Gasteiger partial charge is 0.306 e. The first kappa shape index (κ1) is 51.4. The van der Waals surface area contributed by atoms with Crippen LogP contribution in [0.15, 0.2) is 0 Å². The Labute approximate surface area is 329 Å². The number of hydrogen-bond donors (Lipinski definition) is 0. The highest BCUT2D eigenvalue weighted by Crippen LogP contribution is 2.17. The van der Waals surface area contributed by atoms with E-state index in [1.807, 2.05) is 0 Å². The second-order valence-corrected chi connectivity index (χ2v) is 16.8. The number of carbonyl (C=O) groups excluding carboxylic acids is 3. The van der Waals surface area contributed by atoms with Crippen molar-refractivity contribution in [3.05, 3.63) is 0 Å². The molecule has 6 nitrogen and oxygen atoms in total. The number of ether oxygens (including phenoxy) is 3. The summed E-state index contributed by atoms with van der Waals surface area (Å²) in [5.41, 5.74) is 0. The maximum absolute atomic E-state index is 12.7. The van der Waals surface area contributed by atoms with Crippen LogP contribution >= 0.6 is 0 Å². The lowest BCUT2D eigenvalue weighted by Gasteiger charge is -2.18. The van der Waals surface area contributed by atoms with Crippen molar-refractivity contribution in [2.24, 2.45) is 11.8 Å². The minimum Gasteiger partial charge on any atom is -0.462 e. The van der Waals surface area contributed by atoms with Gasteiger partial charge in [-0.15, -0.1) is 0 Å². The van der Waals surface area contributed by atoms with Crippen molar-refractivity contribution in [3.63, 3.8) is 0 Å². The van der Waals surface area contributed by atoms with Crippen LogP contribution in [-0.4, -0.2) is 37.2 Å². The quantitative estimate of drug-likeness (QED) is 0.0352. The zero-order chi connectivity index (χ0) is 39.0. The van der Waals surface area contributed by atoms with E-state index >= 15 is 0 Å². The Morgan fingerprint density at radius 3 is 1.08 bits per heavy atom. The molecule has 1 unspecified atom stereocenters. The van der Waals surface area contributed by atoms with E-state index in [-0.39, 0.29) is 31.1 Å². The van der Waals surface area contributed by atoms with E-state index < -0.39 is 6.10 Å². The highest BCUT2D eigenvalue weighted by Gasteiger charge is 2.19. The van der Waals surface area contributed by atoms with Gasteiger partial charge in [0.2, 0.25) is 0 Å². The molecule has 0 fully saturated rings. The van der Waals surface area contributed by atoms with Gasteiger partial charge in [0, 0.05) is 19.3 Å². The summed E-state index contributed by atoms with van der Waals surface area (Å²) in [6, 6.07) is 0. The van der Waals surface area contributed by atoms with Crippen LogP contribution in [-0.2, 0) is 28.6 Å². The van der Waals surface area contributed by atoms with Crippen LogP contribution in [0, 0.1) is 11.8 Å². The van der Waals surface area contributed by atoms with E-state index in [9.17, 15) is 14.4 Å². The molecule has 2 atom stereocenters. The van der Waals surface area contributed by atoms with E-state index in [2.05, 4.69) is 34.6 Å². The second-order valence-electron chi connectivity index (χ2n) is 16.8. The molecule has 0 amide bonds. The molecule has 0 rings (SSSR count). The summed E-state index contributed by atoms with van der Waals surface area (Å²) in [6.45, 7) is 11.3. The Hall–Kier alpha value is -1.59. The van der Waals surface area contributed by atoms with Gasteiger partial charge in [-0.1, -0.05) is 214 Å². The standard InChI is InChI=1S/C47H90O6/c1-6-8-9-10-11-12-13-14-15-18-21-27-32-37-45(48)51-40-44(53-47(50)39-34-29-24-23-26-31-36-43(5)7-2)41-52-46(49)38-33-28-22-19-16-17-20-25-30-35-42(3)4/h42-44H,6-41H2,1-5H3/t43?,44-/m0/s1. The minimum absolute atomic E-state index is 0.0655. The molecule has 314 valence electrons. The van der Waals surface area contributed by atoms with Crippen LogP contribution < -0.4 is 0 Å². The summed E-state index contributed by atoms with van der Waals surface area (Å²) in [5, 5.41) is 0. The van der Waals surface area contributed by atoms with Crippen molar-refractivity contribution in [1.29, 1.82) is 0 Å². The molecule has 0 spiro atoms. The molecule has 0 saturated heterocycles. The Morgan fingerprint density at radius 1 is 0.396 bits per heavy atom. The fourth-order valence-corrected chi connectivity index (χ4v) is 6.90. The lowest BCUT2D eigenvalue weighted by Crippen LogP contribution is -2.30. The van der Waals surface area contributed by atoms with Crippen molar-refractivity contribution < 1.29 is 28.6 Å². The summed E-state index contributed by atoms with van der Waals surface area (Å²) in [7, 11) is 0. The molecule has 0 aromatic heterocycles. The van der Waals surface area contributed by atoms with Gasteiger partial charge in [0.05, 0.1) is 0 Å². The topological polar surface area (TPSA) is 78.9 Å². The Bertz CT molecular complexity index is 811. The largest absolute Gasteiger partial charge is 0.462 e. The van der Waals surface area contributed by atoms with Crippen LogP contribution in [0.1, 0.15) is 253 Å². The molecule has 0 saturated carbocycles. The van der Waals surface area contributed by atoms with Gasteiger partial charge < -0.3 is 14.2 Å². The van der Waals surface area contributed by atoms with Gasteiger partial charge in [0.15, 0.2) is 6.10 Å². The molecule has 0 heterocycles. The summed E-state index contributed by atoms with van der Waals surface area (Å²) >= 11 is 0. The molecular formula is C47H90O6. The normalized spacial score (nSPS) is 12.6. The summed E-state index contributed by atoms with van der Waals surface area (Å²) in [5.74, 6) is 0.759. The predicted octanol–water partition coefficient (Wildman–Crippen LogP) is 14.6. The first-order valence-electron chi connectivity index (χ1n) is 23.3. The average molecular weight is 751 g/mol. The van der Waals surface area contributed by atoms with E-state index in [1.165, 1.54) is 141 Å². The van der Waals surface area contributed by atoms with Crippen molar-refractivity contribution >= 4 is 17.9 Å². The van der Waals surface area contributed by atoms with Gasteiger partial charge in [-0.25, -0.2) is 0 Å². The first-order chi connectivity index (χ1) is 25.8. The molecule has 0 aromatic carbocycles. The SMILES string of the molecule is CCCCCCCCCCCCCCCC(=O)OC[C@@H](COC(=O)CCCCCCCCCCCC(C)C)OC(=O)CCCCCCCCC(C)CC. The van der Waals surface area contributed by atoms with Gasteiger partial charge in [-0.05, 0) is 31.1 Å². The number of rotatable bonds is 41. The first-order valence-corrected chi connectivity index (χ1v) is 23.3. The van der Waals surface area contributed by atoms with E-state index in [0.29, 0.717) is 19.3 Å². The lowest BCUT2D eigenvalue weighted by molar-refractivity contribution is -0.167. The average Bonchev–Trinajstić information content (AvgIpc) is 3.14. The monoisotopic (exact) mass is 751 g/mol. The van der Waals surface area contributed by atoms with Crippen LogP contribution in [0.4, 0.5) is 0 Å². The van der Waals surface area contributed by atoms with Gasteiger partial charge in [0.1, 0.15) is 13.2 Å². The lowest BCUT2D eigenvalue weighted by atomic mass is 10.00. The maximum atomic E-state index is 12.7. The fraction of sp³-hybridized carbons (Fsp3) is 0.936. The van der Waals surface area contributed by atoms with Gasteiger partial charge in [0.25, 0.3) is 0 Å².